The lowest BCUT2D eigenvalue weighted by Gasteiger charge is -2.27. The highest BCUT2D eigenvalue weighted by molar-refractivity contribution is 4.75. The molecule has 0 saturated carbocycles. The second-order valence-electron chi connectivity index (χ2n) is 3.39. The normalized spacial score (nSPS) is 13.3. The number of aliphatic hydroxyl groups is 1. The van der Waals surface area contributed by atoms with E-state index in [1.54, 1.807) is 0 Å². The Kier molecular flexibility index (Phi) is 6.51. The van der Waals surface area contributed by atoms with E-state index >= 15 is 0 Å². The summed E-state index contributed by atoms with van der Waals surface area (Å²) in [6, 6.07) is 2.43. The summed E-state index contributed by atoms with van der Waals surface area (Å²) in [5.41, 5.74) is 5.31. The standard InChI is InChI=1S/C9H19N3O/c1-8(2)12(5-3-4-10)7-9(13)6-11/h8-9,13H,3,5-7,11H2,1-2H3. The molecular formula is C9H19N3O. The van der Waals surface area contributed by atoms with Crippen molar-refractivity contribution in [3.8, 4) is 6.07 Å². The van der Waals surface area contributed by atoms with Gasteiger partial charge in [0.1, 0.15) is 0 Å². The maximum Gasteiger partial charge on any atom is 0.0789 e. The van der Waals surface area contributed by atoms with Crippen LogP contribution in [-0.4, -0.2) is 41.8 Å². The molecule has 4 heteroatoms. The summed E-state index contributed by atoms with van der Waals surface area (Å²) in [6.45, 7) is 5.61. The van der Waals surface area contributed by atoms with Crippen molar-refractivity contribution in [1.29, 1.82) is 5.26 Å². The Hall–Kier alpha value is -0.630. The van der Waals surface area contributed by atoms with Crippen molar-refractivity contribution in [2.45, 2.75) is 32.4 Å². The quantitative estimate of drug-likeness (QED) is 0.607. The number of rotatable bonds is 6. The van der Waals surface area contributed by atoms with Gasteiger partial charge in [-0.1, -0.05) is 0 Å². The number of hydrogen-bond donors (Lipinski definition) is 2. The highest BCUT2D eigenvalue weighted by Crippen LogP contribution is 2.00. The molecule has 0 aliphatic carbocycles. The minimum atomic E-state index is -0.485. The fourth-order valence-electron chi connectivity index (χ4n) is 1.10. The molecule has 0 fully saturated rings. The van der Waals surface area contributed by atoms with E-state index < -0.39 is 6.10 Å². The van der Waals surface area contributed by atoms with E-state index in [9.17, 15) is 5.11 Å². The average Bonchev–Trinajstić information content (AvgIpc) is 2.11. The van der Waals surface area contributed by atoms with Crippen molar-refractivity contribution < 1.29 is 5.11 Å². The molecule has 1 unspecified atom stereocenters. The van der Waals surface area contributed by atoms with Crippen LogP contribution in [0, 0.1) is 11.3 Å². The zero-order chi connectivity index (χ0) is 10.3. The second-order valence-corrected chi connectivity index (χ2v) is 3.39. The Labute approximate surface area is 79.9 Å². The lowest BCUT2D eigenvalue weighted by Crippen LogP contribution is -2.40. The van der Waals surface area contributed by atoms with Crippen molar-refractivity contribution in [3.05, 3.63) is 0 Å². The van der Waals surface area contributed by atoms with Crippen LogP contribution in [0.15, 0.2) is 0 Å². The lowest BCUT2D eigenvalue weighted by atomic mass is 10.2. The van der Waals surface area contributed by atoms with Crippen LogP contribution < -0.4 is 5.73 Å². The number of nitrogens with zero attached hydrogens (tertiary/aromatic N) is 2. The van der Waals surface area contributed by atoms with Crippen molar-refractivity contribution in [1.82, 2.24) is 4.90 Å². The zero-order valence-electron chi connectivity index (χ0n) is 8.40. The van der Waals surface area contributed by atoms with Crippen molar-refractivity contribution >= 4 is 0 Å². The third-order valence-corrected chi connectivity index (χ3v) is 1.96. The van der Waals surface area contributed by atoms with E-state index in [4.69, 9.17) is 11.0 Å². The zero-order valence-corrected chi connectivity index (χ0v) is 8.40. The fraction of sp³-hybridized carbons (Fsp3) is 0.889. The Balaban J connectivity index is 3.88. The van der Waals surface area contributed by atoms with Crippen LogP contribution in [0.25, 0.3) is 0 Å². The number of nitriles is 1. The molecule has 13 heavy (non-hydrogen) atoms. The van der Waals surface area contributed by atoms with Gasteiger partial charge in [-0.25, -0.2) is 0 Å². The van der Waals surface area contributed by atoms with Gasteiger partial charge in [-0.15, -0.1) is 0 Å². The van der Waals surface area contributed by atoms with Gasteiger partial charge in [0.05, 0.1) is 12.2 Å². The smallest absolute Gasteiger partial charge is 0.0789 e. The fourth-order valence-corrected chi connectivity index (χ4v) is 1.10. The number of nitrogens with two attached hydrogens (primary N) is 1. The van der Waals surface area contributed by atoms with Crippen LogP contribution in [-0.2, 0) is 0 Å². The Bertz CT molecular complexity index is 165. The highest BCUT2D eigenvalue weighted by atomic mass is 16.3. The van der Waals surface area contributed by atoms with Gasteiger partial charge < -0.3 is 10.8 Å². The summed E-state index contributed by atoms with van der Waals surface area (Å²) < 4.78 is 0. The summed E-state index contributed by atoms with van der Waals surface area (Å²) >= 11 is 0. The molecule has 76 valence electrons. The monoisotopic (exact) mass is 185 g/mol. The molecule has 0 radical (unpaired) electrons. The lowest BCUT2D eigenvalue weighted by molar-refractivity contribution is 0.102. The van der Waals surface area contributed by atoms with Crippen molar-refractivity contribution in [3.63, 3.8) is 0 Å². The van der Waals surface area contributed by atoms with Gasteiger partial charge in [-0.2, -0.15) is 5.26 Å². The van der Waals surface area contributed by atoms with Gasteiger partial charge in [-0.05, 0) is 13.8 Å². The van der Waals surface area contributed by atoms with Gasteiger partial charge >= 0.3 is 0 Å². The van der Waals surface area contributed by atoms with Crippen LogP contribution in [0.4, 0.5) is 0 Å². The Morgan fingerprint density at radius 1 is 1.54 bits per heavy atom. The van der Waals surface area contributed by atoms with Crippen molar-refractivity contribution in [2.24, 2.45) is 5.73 Å². The Morgan fingerprint density at radius 3 is 2.54 bits per heavy atom. The minimum Gasteiger partial charge on any atom is -0.390 e. The van der Waals surface area contributed by atoms with Gasteiger partial charge in [0.2, 0.25) is 0 Å². The van der Waals surface area contributed by atoms with E-state index in [1.165, 1.54) is 0 Å². The maximum atomic E-state index is 9.33. The molecule has 1 atom stereocenters. The van der Waals surface area contributed by atoms with Crippen LogP contribution in [0.5, 0.6) is 0 Å². The van der Waals surface area contributed by atoms with E-state index in [1.807, 2.05) is 13.8 Å². The first-order valence-electron chi connectivity index (χ1n) is 4.61. The first-order valence-corrected chi connectivity index (χ1v) is 4.61. The Morgan fingerprint density at radius 2 is 2.15 bits per heavy atom. The van der Waals surface area contributed by atoms with E-state index in [0.29, 0.717) is 25.6 Å². The van der Waals surface area contributed by atoms with Crippen LogP contribution in [0.2, 0.25) is 0 Å². The third-order valence-electron chi connectivity index (χ3n) is 1.96. The maximum absolute atomic E-state index is 9.33. The third kappa shape index (κ3) is 5.58. The first-order chi connectivity index (χ1) is 6.11. The summed E-state index contributed by atoms with van der Waals surface area (Å²) in [6.07, 6.45) is 0.0104. The molecule has 4 nitrogen and oxygen atoms in total. The molecule has 3 N–H and O–H groups in total. The van der Waals surface area contributed by atoms with Crippen LogP contribution >= 0.6 is 0 Å². The van der Waals surface area contributed by atoms with Crippen LogP contribution in [0.3, 0.4) is 0 Å². The average molecular weight is 185 g/mol. The molecule has 0 saturated heterocycles. The molecule has 0 rings (SSSR count). The first kappa shape index (κ1) is 12.4. The molecule has 0 bridgehead atoms. The predicted molar refractivity (Wildman–Crippen MR) is 52.0 cm³/mol. The summed E-state index contributed by atoms with van der Waals surface area (Å²) in [5, 5.41) is 17.8. The van der Waals surface area contributed by atoms with Gasteiger partial charge in [-0.3, -0.25) is 4.90 Å². The molecule has 0 aliphatic rings. The molecule has 0 aromatic rings. The van der Waals surface area contributed by atoms with Gasteiger partial charge in [0.25, 0.3) is 0 Å². The molecule has 0 spiro atoms. The van der Waals surface area contributed by atoms with Gasteiger partial charge in [0, 0.05) is 32.1 Å². The molecule has 0 aromatic heterocycles. The number of hydrogen-bond acceptors (Lipinski definition) is 4. The SMILES string of the molecule is CC(C)N(CCC#N)CC(O)CN. The molecular weight excluding hydrogens is 166 g/mol. The van der Waals surface area contributed by atoms with E-state index in [-0.39, 0.29) is 6.54 Å². The topological polar surface area (TPSA) is 73.3 Å². The summed E-state index contributed by atoms with van der Waals surface area (Å²) in [7, 11) is 0. The molecule has 0 heterocycles. The second kappa shape index (κ2) is 6.84. The number of aliphatic hydroxyl groups excluding tert-OH is 1. The summed E-state index contributed by atoms with van der Waals surface area (Å²) in [5.74, 6) is 0. The van der Waals surface area contributed by atoms with E-state index in [0.717, 1.165) is 0 Å². The van der Waals surface area contributed by atoms with E-state index in [2.05, 4.69) is 11.0 Å². The molecule has 0 aromatic carbocycles. The van der Waals surface area contributed by atoms with Crippen molar-refractivity contribution in [2.75, 3.05) is 19.6 Å². The summed E-state index contributed by atoms with van der Waals surface area (Å²) in [4.78, 5) is 2.06. The van der Waals surface area contributed by atoms with Crippen LogP contribution in [0.1, 0.15) is 20.3 Å². The predicted octanol–water partition coefficient (Wildman–Crippen LogP) is -0.0699. The highest BCUT2D eigenvalue weighted by Gasteiger charge is 2.12. The molecule has 0 amide bonds. The van der Waals surface area contributed by atoms with Gasteiger partial charge in [0.15, 0.2) is 0 Å². The minimum absolute atomic E-state index is 0.274. The molecule has 0 aliphatic heterocycles. The largest absolute Gasteiger partial charge is 0.390 e.